The monoisotopic (exact) mass is 259 g/mol. The Labute approximate surface area is 116 Å². The van der Waals surface area contributed by atoms with Gasteiger partial charge in [-0.05, 0) is 61.8 Å². The molecule has 0 spiro atoms. The van der Waals surface area contributed by atoms with E-state index in [0.717, 1.165) is 11.7 Å². The van der Waals surface area contributed by atoms with E-state index in [9.17, 15) is 0 Å². The Morgan fingerprint density at radius 3 is 2.79 bits per heavy atom. The molecule has 0 amide bonds. The van der Waals surface area contributed by atoms with Gasteiger partial charge in [0, 0.05) is 19.1 Å². The fraction of sp³-hybridized carbons (Fsp3) is 0.647. The summed E-state index contributed by atoms with van der Waals surface area (Å²) in [6.45, 7) is 4.91. The molecule has 1 saturated carbocycles. The van der Waals surface area contributed by atoms with E-state index in [1.807, 2.05) is 0 Å². The fourth-order valence-electron chi connectivity index (χ4n) is 3.37. The van der Waals surface area contributed by atoms with Gasteiger partial charge in [0.15, 0.2) is 0 Å². The van der Waals surface area contributed by atoms with Crippen LogP contribution in [0, 0.1) is 5.92 Å². The Morgan fingerprint density at radius 1 is 1.26 bits per heavy atom. The average molecular weight is 259 g/mol. The van der Waals surface area contributed by atoms with Crippen LogP contribution in [0.25, 0.3) is 0 Å². The van der Waals surface area contributed by atoms with E-state index in [1.165, 1.54) is 56.3 Å². The number of ether oxygens (including phenoxy) is 1. The number of benzene rings is 1. The lowest BCUT2D eigenvalue weighted by Crippen LogP contribution is -2.39. The highest BCUT2D eigenvalue weighted by Gasteiger charge is 2.26. The summed E-state index contributed by atoms with van der Waals surface area (Å²) in [5.74, 6) is 1.97. The Bertz CT molecular complexity index is 439. The van der Waals surface area contributed by atoms with Gasteiger partial charge in [-0.1, -0.05) is 12.5 Å². The van der Waals surface area contributed by atoms with Crippen molar-refractivity contribution in [1.82, 2.24) is 4.90 Å². The number of hydrogen-bond donors (Lipinski definition) is 0. The van der Waals surface area contributed by atoms with E-state index >= 15 is 0 Å². The van der Waals surface area contributed by atoms with Crippen molar-refractivity contribution in [2.45, 2.75) is 45.1 Å². The second kappa shape index (κ2) is 5.54. The first-order valence-corrected chi connectivity index (χ1v) is 7.66. The minimum atomic E-state index is 0.661. The predicted octanol–water partition coefficient (Wildman–Crippen LogP) is 3.28. The maximum atomic E-state index is 5.36. The van der Waals surface area contributed by atoms with Crippen molar-refractivity contribution >= 4 is 0 Å². The lowest BCUT2D eigenvalue weighted by molar-refractivity contribution is 0.144. The second-order valence-electron chi connectivity index (χ2n) is 6.23. The summed E-state index contributed by atoms with van der Waals surface area (Å²) in [7, 11) is 1.75. The smallest absolute Gasteiger partial charge is 0.119 e. The molecule has 2 heteroatoms. The molecule has 104 valence electrons. The van der Waals surface area contributed by atoms with Gasteiger partial charge in [0.05, 0.1) is 7.11 Å². The molecule has 1 aliphatic carbocycles. The van der Waals surface area contributed by atoms with Gasteiger partial charge in [-0.2, -0.15) is 0 Å². The van der Waals surface area contributed by atoms with Crippen molar-refractivity contribution in [2.75, 3.05) is 20.2 Å². The quantitative estimate of drug-likeness (QED) is 0.826. The van der Waals surface area contributed by atoms with Crippen LogP contribution in [-0.2, 0) is 12.8 Å². The molecule has 0 radical (unpaired) electrons. The molecular formula is C17H25NO. The van der Waals surface area contributed by atoms with Crippen molar-refractivity contribution in [3.05, 3.63) is 29.3 Å². The van der Waals surface area contributed by atoms with Gasteiger partial charge in [0.1, 0.15) is 5.75 Å². The van der Waals surface area contributed by atoms with Crippen LogP contribution in [-0.4, -0.2) is 31.1 Å². The lowest BCUT2D eigenvalue weighted by Gasteiger charge is -2.35. The molecule has 2 aliphatic rings. The predicted molar refractivity (Wildman–Crippen MR) is 78.8 cm³/mol. The summed E-state index contributed by atoms with van der Waals surface area (Å²) >= 11 is 0. The van der Waals surface area contributed by atoms with E-state index in [-0.39, 0.29) is 0 Å². The van der Waals surface area contributed by atoms with Crippen molar-refractivity contribution in [3.8, 4) is 5.75 Å². The molecule has 2 nitrogen and oxygen atoms in total. The molecule has 1 aromatic rings. The number of hydrogen-bond acceptors (Lipinski definition) is 2. The Hall–Kier alpha value is -1.02. The maximum absolute atomic E-state index is 5.36. The van der Waals surface area contributed by atoms with Crippen molar-refractivity contribution in [1.29, 1.82) is 0 Å². The number of fused-ring (bicyclic) bond motifs is 1. The number of nitrogens with zero attached hydrogens (tertiary/aromatic N) is 1. The largest absolute Gasteiger partial charge is 0.497 e. The molecule has 0 saturated heterocycles. The first-order chi connectivity index (χ1) is 9.26. The first-order valence-electron chi connectivity index (χ1n) is 7.66. The van der Waals surface area contributed by atoms with Crippen molar-refractivity contribution in [2.24, 2.45) is 5.92 Å². The molecule has 1 fully saturated rings. The molecule has 1 atom stereocenters. The zero-order chi connectivity index (χ0) is 13.2. The summed E-state index contributed by atoms with van der Waals surface area (Å²) in [6, 6.07) is 7.26. The summed E-state index contributed by atoms with van der Waals surface area (Å²) in [5.41, 5.74) is 3.01. The molecule has 3 rings (SSSR count). The van der Waals surface area contributed by atoms with Crippen LogP contribution in [0.1, 0.15) is 37.3 Å². The zero-order valence-corrected chi connectivity index (χ0v) is 12.2. The molecule has 0 aromatic heterocycles. The molecular weight excluding hydrogens is 234 g/mol. The van der Waals surface area contributed by atoms with Gasteiger partial charge in [-0.25, -0.2) is 0 Å². The molecule has 1 unspecified atom stereocenters. The van der Waals surface area contributed by atoms with Gasteiger partial charge in [0.2, 0.25) is 0 Å². The zero-order valence-electron chi connectivity index (χ0n) is 12.2. The average Bonchev–Trinajstić information content (AvgIpc) is 2.52. The highest BCUT2D eigenvalue weighted by molar-refractivity contribution is 5.37. The minimum absolute atomic E-state index is 0.661. The highest BCUT2D eigenvalue weighted by Crippen LogP contribution is 2.30. The van der Waals surface area contributed by atoms with Gasteiger partial charge < -0.3 is 4.74 Å². The lowest BCUT2D eigenvalue weighted by atomic mass is 9.85. The van der Waals surface area contributed by atoms with Crippen molar-refractivity contribution in [3.63, 3.8) is 0 Å². The van der Waals surface area contributed by atoms with E-state index < -0.39 is 0 Å². The summed E-state index contributed by atoms with van der Waals surface area (Å²) in [6.07, 6.45) is 6.70. The number of methoxy groups -OCH3 is 1. The van der Waals surface area contributed by atoms with Crippen LogP contribution in [0.5, 0.6) is 5.75 Å². The molecule has 0 bridgehead atoms. The minimum Gasteiger partial charge on any atom is -0.497 e. The maximum Gasteiger partial charge on any atom is 0.119 e. The molecule has 0 N–H and O–H groups in total. The van der Waals surface area contributed by atoms with Gasteiger partial charge in [-0.15, -0.1) is 0 Å². The normalized spacial score (nSPS) is 24.4. The molecule has 1 aliphatic heterocycles. The third kappa shape index (κ3) is 2.79. The molecule has 1 aromatic carbocycles. The van der Waals surface area contributed by atoms with Crippen LogP contribution in [0.3, 0.4) is 0 Å². The van der Waals surface area contributed by atoms with E-state index in [0.29, 0.717) is 6.04 Å². The van der Waals surface area contributed by atoms with E-state index in [4.69, 9.17) is 4.74 Å². The van der Waals surface area contributed by atoms with Crippen molar-refractivity contribution < 1.29 is 4.74 Å². The van der Waals surface area contributed by atoms with Crippen LogP contribution < -0.4 is 4.74 Å². The Balaban J connectivity index is 1.72. The third-order valence-electron chi connectivity index (χ3n) is 4.94. The van der Waals surface area contributed by atoms with Gasteiger partial charge in [-0.3, -0.25) is 4.90 Å². The second-order valence-corrected chi connectivity index (χ2v) is 6.23. The Morgan fingerprint density at radius 2 is 2.11 bits per heavy atom. The Kier molecular flexibility index (Phi) is 3.79. The first kappa shape index (κ1) is 13.0. The molecule has 1 heterocycles. The summed E-state index contributed by atoms with van der Waals surface area (Å²) < 4.78 is 5.36. The SMILES string of the molecule is COc1ccc2c(c1)CC(C)N(CC1CCC1)CC2. The van der Waals surface area contributed by atoms with Crippen LogP contribution in [0.2, 0.25) is 0 Å². The van der Waals surface area contributed by atoms with E-state index in [2.05, 4.69) is 30.0 Å². The van der Waals surface area contributed by atoms with Crippen LogP contribution in [0.15, 0.2) is 18.2 Å². The third-order valence-corrected chi connectivity index (χ3v) is 4.94. The fourth-order valence-corrected chi connectivity index (χ4v) is 3.37. The highest BCUT2D eigenvalue weighted by atomic mass is 16.5. The standard InChI is InChI=1S/C17H25NO/c1-13-10-16-11-17(19-2)7-6-15(16)8-9-18(13)12-14-4-3-5-14/h6-7,11,13-14H,3-5,8-10,12H2,1-2H3. The van der Waals surface area contributed by atoms with Gasteiger partial charge >= 0.3 is 0 Å². The van der Waals surface area contributed by atoms with Gasteiger partial charge in [0.25, 0.3) is 0 Å². The summed E-state index contributed by atoms with van der Waals surface area (Å²) in [5, 5.41) is 0. The van der Waals surface area contributed by atoms with Crippen LogP contribution >= 0.6 is 0 Å². The molecule has 19 heavy (non-hydrogen) atoms. The number of rotatable bonds is 3. The van der Waals surface area contributed by atoms with Crippen LogP contribution in [0.4, 0.5) is 0 Å². The van der Waals surface area contributed by atoms with E-state index in [1.54, 1.807) is 7.11 Å². The topological polar surface area (TPSA) is 12.5 Å². The summed E-state index contributed by atoms with van der Waals surface area (Å²) in [4.78, 5) is 2.70.